The highest BCUT2D eigenvalue weighted by Crippen LogP contribution is 2.29. The van der Waals surface area contributed by atoms with Crippen molar-refractivity contribution in [1.82, 2.24) is 0 Å². The lowest BCUT2D eigenvalue weighted by molar-refractivity contribution is -0.144. The van der Waals surface area contributed by atoms with Crippen molar-refractivity contribution >= 4 is 11.8 Å². The fourth-order valence-electron chi connectivity index (χ4n) is 1.95. The van der Waals surface area contributed by atoms with Crippen molar-refractivity contribution in [2.24, 2.45) is 11.8 Å². The maximum Gasteiger partial charge on any atom is 0.306 e. The number of carbonyl (C=O) groups excluding carboxylic acids is 1. The molecule has 3 nitrogen and oxygen atoms in total. The minimum Gasteiger partial charge on any atom is -0.481 e. The van der Waals surface area contributed by atoms with Gasteiger partial charge in [0.15, 0.2) is 0 Å². The zero-order chi connectivity index (χ0) is 9.84. The van der Waals surface area contributed by atoms with Gasteiger partial charge in [-0.2, -0.15) is 0 Å². The maximum absolute atomic E-state index is 11.3. The number of hydrogen-bond acceptors (Lipinski definition) is 2. The fraction of sp³-hybridized carbons (Fsp3) is 0.800. The summed E-state index contributed by atoms with van der Waals surface area (Å²) < 4.78 is 0. The Balaban J connectivity index is 2.39. The number of ketones is 1. The Morgan fingerprint density at radius 2 is 1.62 bits per heavy atom. The molecule has 0 aliphatic heterocycles. The molecule has 1 N–H and O–H groups in total. The van der Waals surface area contributed by atoms with E-state index in [9.17, 15) is 9.59 Å². The van der Waals surface area contributed by atoms with Gasteiger partial charge in [0, 0.05) is 12.3 Å². The van der Waals surface area contributed by atoms with Crippen LogP contribution in [0.5, 0.6) is 0 Å². The van der Waals surface area contributed by atoms with Gasteiger partial charge in [0.25, 0.3) is 0 Å². The quantitative estimate of drug-likeness (QED) is 0.728. The van der Waals surface area contributed by atoms with E-state index in [2.05, 4.69) is 0 Å². The smallest absolute Gasteiger partial charge is 0.306 e. The minimum absolute atomic E-state index is 0.139. The zero-order valence-electron chi connectivity index (χ0n) is 7.95. The van der Waals surface area contributed by atoms with E-state index < -0.39 is 5.97 Å². The van der Waals surface area contributed by atoms with Crippen LogP contribution in [-0.4, -0.2) is 16.9 Å². The molecule has 0 aromatic carbocycles. The molecule has 1 aliphatic carbocycles. The third-order valence-electron chi connectivity index (χ3n) is 2.88. The van der Waals surface area contributed by atoms with E-state index in [-0.39, 0.29) is 11.8 Å². The van der Waals surface area contributed by atoms with Gasteiger partial charge < -0.3 is 5.11 Å². The average molecular weight is 184 g/mol. The summed E-state index contributed by atoms with van der Waals surface area (Å²) in [5.41, 5.74) is 0. The first-order chi connectivity index (χ1) is 6.15. The lowest BCUT2D eigenvalue weighted by atomic mass is 9.79. The van der Waals surface area contributed by atoms with Crippen molar-refractivity contribution < 1.29 is 14.7 Å². The zero-order valence-corrected chi connectivity index (χ0v) is 7.95. The summed E-state index contributed by atoms with van der Waals surface area (Å²) >= 11 is 0. The molecule has 0 atom stereocenters. The van der Waals surface area contributed by atoms with Crippen LogP contribution in [0.2, 0.25) is 0 Å². The first kappa shape index (κ1) is 10.2. The highest BCUT2D eigenvalue weighted by atomic mass is 16.4. The van der Waals surface area contributed by atoms with E-state index in [0.717, 1.165) is 12.8 Å². The van der Waals surface area contributed by atoms with Gasteiger partial charge >= 0.3 is 5.97 Å². The molecule has 1 rings (SSSR count). The van der Waals surface area contributed by atoms with Crippen LogP contribution < -0.4 is 0 Å². The molecule has 3 heteroatoms. The van der Waals surface area contributed by atoms with Gasteiger partial charge in [0.05, 0.1) is 5.92 Å². The van der Waals surface area contributed by atoms with Crippen LogP contribution in [-0.2, 0) is 9.59 Å². The molecular weight excluding hydrogens is 168 g/mol. The molecule has 0 unspecified atom stereocenters. The van der Waals surface area contributed by atoms with E-state index in [1.807, 2.05) is 6.92 Å². The summed E-state index contributed by atoms with van der Waals surface area (Å²) in [5, 5.41) is 8.74. The van der Waals surface area contributed by atoms with Gasteiger partial charge in [-0.3, -0.25) is 9.59 Å². The number of carbonyl (C=O) groups is 2. The van der Waals surface area contributed by atoms with Crippen molar-refractivity contribution in [1.29, 1.82) is 0 Å². The van der Waals surface area contributed by atoms with Crippen molar-refractivity contribution in [3.8, 4) is 0 Å². The second-order valence-corrected chi connectivity index (χ2v) is 3.71. The van der Waals surface area contributed by atoms with Gasteiger partial charge in [-0.1, -0.05) is 6.92 Å². The van der Waals surface area contributed by atoms with Crippen molar-refractivity contribution in [2.75, 3.05) is 0 Å². The van der Waals surface area contributed by atoms with Crippen LogP contribution in [0, 0.1) is 11.8 Å². The van der Waals surface area contributed by atoms with Crippen LogP contribution in [0.15, 0.2) is 0 Å². The minimum atomic E-state index is -0.706. The number of Topliss-reactive ketones (excluding diaryl/α,β-unsaturated/α-hetero) is 1. The van der Waals surface area contributed by atoms with Gasteiger partial charge in [-0.05, 0) is 25.7 Å². The van der Waals surface area contributed by atoms with E-state index in [4.69, 9.17) is 5.11 Å². The Morgan fingerprint density at radius 3 is 2.00 bits per heavy atom. The molecule has 1 saturated carbocycles. The van der Waals surface area contributed by atoms with Crippen molar-refractivity contribution in [3.05, 3.63) is 0 Å². The van der Waals surface area contributed by atoms with E-state index in [1.165, 1.54) is 0 Å². The first-order valence-electron chi connectivity index (χ1n) is 4.90. The monoisotopic (exact) mass is 184 g/mol. The lowest BCUT2D eigenvalue weighted by Crippen LogP contribution is -2.25. The van der Waals surface area contributed by atoms with Gasteiger partial charge in [-0.15, -0.1) is 0 Å². The predicted octanol–water partition coefficient (Wildman–Crippen LogP) is 1.86. The van der Waals surface area contributed by atoms with Gasteiger partial charge in [0.1, 0.15) is 5.78 Å². The molecule has 1 aliphatic rings. The number of rotatable bonds is 3. The SMILES string of the molecule is CCC(=O)[C@H]1CC[C@H](C(=O)O)CC1. The van der Waals surface area contributed by atoms with Crippen LogP contribution >= 0.6 is 0 Å². The van der Waals surface area contributed by atoms with Crippen molar-refractivity contribution in [3.63, 3.8) is 0 Å². The Kier molecular flexibility index (Phi) is 3.46. The topological polar surface area (TPSA) is 54.4 Å². The molecule has 0 amide bonds. The van der Waals surface area contributed by atoms with Crippen LogP contribution in [0.25, 0.3) is 0 Å². The summed E-state index contributed by atoms with van der Waals surface area (Å²) in [6.07, 6.45) is 3.47. The highest BCUT2D eigenvalue weighted by Gasteiger charge is 2.28. The van der Waals surface area contributed by atoms with Gasteiger partial charge in [-0.25, -0.2) is 0 Å². The molecule has 0 heterocycles. The molecule has 0 aromatic rings. The summed E-state index contributed by atoms with van der Waals surface area (Å²) in [7, 11) is 0. The number of aliphatic carboxylic acids is 1. The molecule has 0 spiro atoms. The van der Waals surface area contributed by atoms with E-state index >= 15 is 0 Å². The molecule has 0 aromatic heterocycles. The predicted molar refractivity (Wildman–Crippen MR) is 48.4 cm³/mol. The third-order valence-corrected chi connectivity index (χ3v) is 2.88. The Morgan fingerprint density at radius 1 is 1.15 bits per heavy atom. The number of hydrogen-bond donors (Lipinski definition) is 1. The van der Waals surface area contributed by atoms with Crippen LogP contribution in [0.1, 0.15) is 39.0 Å². The van der Waals surface area contributed by atoms with E-state index in [1.54, 1.807) is 0 Å². The average Bonchev–Trinajstić information content (AvgIpc) is 2.17. The Hall–Kier alpha value is -0.860. The lowest BCUT2D eigenvalue weighted by Gasteiger charge is -2.24. The molecule has 0 bridgehead atoms. The third kappa shape index (κ3) is 2.54. The molecule has 13 heavy (non-hydrogen) atoms. The number of carboxylic acids is 1. The largest absolute Gasteiger partial charge is 0.481 e. The molecule has 74 valence electrons. The summed E-state index contributed by atoms with van der Waals surface area (Å²) in [4.78, 5) is 21.9. The molecule has 0 saturated heterocycles. The highest BCUT2D eigenvalue weighted by molar-refractivity contribution is 5.81. The normalized spacial score (nSPS) is 28.4. The molecule has 0 radical (unpaired) electrons. The maximum atomic E-state index is 11.3. The van der Waals surface area contributed by atoms with Crippen molar-refractivity contribution in [2.45, 2.75) is 39.0 Å². The van der Waals surface area contributed by atoms with Gasteiger partial charge in [0.2, 0.25) is 0 Å². The fourth-order valence-corrected chi connectivity index (χ4v) is 1.95. The summed E-state index contributed by atoms with van der Waals surface area (Å²) in [6.45, 7) is 1.87. The molecule has 1 fully saturated rings. The Bertz CT molecular complexity index is 202. The second kappa shape index (κ2) is 4.40. The van der Waals surface area contributed by atoms with E-state index in [0.29, 0.717) is 25.0 Å². The summed E-state index contributed by atoms with van der Waals surface area (Å²) in [5.74, 6) is -0.479. The van der Waals surface area contributed by atoms with Crippen LogP contribution in [0.3, 0.4) is 0 Å². The summed E-state index contributed by atoms with van der Waals surface area (Å²) in [6, 6.07) is 0. The van der Waals surface area contributed by atoms with Crippen LogP contribution in [0.4, 0.5) is 0 Å². The second-order valence-electron chi connectivity index (χ2n) is 3.71. The first-order valence-corrected chi connectivity index (χ1v) is 4.90. The Labute approximate surface area is 78.1 Å². The standard InChI is InChI=1S/C10H16O3/c1-2-9(11)7-3-5-8(6-4-7)10(12)13/h7-8H,2-6H2,1H3,(H,12,13)/t7-,8-. The number of carboxylic acid groups (broad SMARTS) is 1. The molecular formula is C10H16O3.